The lowest BCUT2D eigenvalue weighted by molar-refractivity contribution is -0.142. The van der Waals surface area contributed by atoms with Crippen molar-refractivity contribution in [2.24, 2.45) is 5.73 Å². The van der Waals surface area contributed by atoms with Crippen LogP contribution in [0.15, 0.2) is 11.3 Å². The van der Waals surface area contributed by atoms with Gasteiger partial charge in [0, 0.05) is 5.70 Å². The Bertz CT molecular complexity index is 424. The SMILES string of the molecule is CCCCCOC(=O)CC(N)=C(C#N)C(=O)OCCCCC. The van der Waals surface area contributed by atoms with Crippen molar-refractivity contribution in [2.45, 2.75) is 58.8 Å². The molecule has 0 unspecified atom stereocenters. The van der Waals surface area contributed by atoms with Crippen LogP contribution >= 0.6 is 0 Å². The van der Waals surface area contributed by atoms with Crippen LogP contribution in [-0.4, -0.2) is 25.2 Å². The van der Waals surface area contributed by atoms with Crippen LogP contribution in [0.2, 0.25) is 0 Å². The second kappa shape index (κ2) is 12.7. The average Bonchev–Trinajstić information content (AvgIpc) is 2.49. The van der Waals surface area contributed by atoms with Gasteiger partial charge in [-0.25, -0.2) is 4.79 Å². The second-order valence-corrected chi connectivity index (χ2v) is 4.96. The van der Waals surface area contributed by atoms with Crippen LogP contribution in [-0.2, 0) is 19.1 Å². The van der Waals surface area contributed by atoms with Crippen molar-refractivity contribution in [1.29, 1.82) is 5.26 Å². The highest BCUT2D eigenvalue weighted by Crippen LogP contribution is 2.08. The maximum atomic E-state index is 11.7. The third kappa shape index (κ3) is 9.01. The lowest BCUT2D eigenvalue weighted by Crippen LogP contribution is -2.17. The van der Waals surface area contributed by atoms with Gasteiger partial charge < -0.3 is 15.2 Å². The molecule has 124 valence electrons. The summed E-state index contributed by atoms with van der Waals surface area (Å²) in [4.78, 5) is 23.3. The van der Waals surface area contributed by atoms with Gasteiger partial charge in [0.1, 0.15) is 6.07 Å². The van der Waals surface area contributed by atoms with Gasteiger partial charge in [0.25, 0.3) is 0 Å². The molecule has 0 radical (unpaired) electrons. The van der Waals surface area contributed by atoms with Gasteiger partial charge in [0.15, 0.2) is 5.57 Å². The van der Waals surface area contributed by atoms with E-state index in [1.165, 1.54) is 0 Å². The molecule has 0 spiro atoms. The van der Waals surface area contributed by atoms with E-state index in [-0.39, 0.29) is 24.3 Å². The molecule has 22 heavy (non-hydrogen) atoms. The summed E-state index contributed by atoms with van der Waals surface area (Å²) in [6.07, 6.45) is 5.20. The molecule has 0 rings (SSSR count). The van der Waals surface area contributed by atoms with E-state index < -0.39 is 11.9 Å². The van der Waals surface area contributed by atoms with Crippen molar-refractivity contribution in [3.63, 3.8) is 0 Å². The highest BCUT2D eigenvalue weighted by atomic mass is 16.5. The zero-order valence-electron chi connectivity index (χ0n) is 13.5. The predicted octanol–water partition coefficient (Wildman–Crippen LogP) is 2.58. The molecule has 0 amide bonds. The number of nitrogens with two attached hydrogens (primary N) is 1. The van der Waals surface area contributed by atoms with Crippen molar-refractivity contribution in [2.75, 3.05) is 13.2 Å². The first-order valence-corrected chi connectivity index (χ1v) is 7.78. The summed E-state index contributed by atoms with van der Waals surface area (Å²) < 4.78 is 9.95. The number of carbonyl (C=O) groups excluding carboxylic acids is 2. The van der Waals surface area contributed by atoms with Gasteiger partial charge in [-0.15, -0.1) is 0 Å². The van der Waals surface area contributed by atoms with E-state index in [0.717, 1.165) is 38.5 Å². The van der Waals surface area contributed by atoms with Crippen molar-refractivity contribution >= 4 is 11.9 Å². The fourth-order valence-electron chi connectivity index (χ4n) is 1.67. The molecular weight excluding hydrogens is 284 g/mol. The van der Waals surface area contributed by atoms with E-state index in [1.807, 2.05) is 13.8 Å². The van der Waals surface area contributed by atoms with Gasteiger partial charge in [-0.3, -0.25) is 4.79 Å². The molecule has 2 N–H and O–H groups in total. The summed E-state index contributed by atoms with van der Waals surface area (Å²) in [5.41, 5.74) is 5.22. The van der Waals surface area contributed by atoms with Gasteiger partial charge in [-0.05, 0) is 12.8 Å². The quantitative estimate of drug-likeness (QED) is 0.272. The van der Waals surface area contributed by atoms with E-state index >= 15 is 0 Å². The monoisotopic (exact) mass is 310 g/mol. The van der Waals surface area contributed by atoms with Crippen LogP contribution in [0.3, 0.4) is 0 Å². The Morgan fingerprint density at radius 1 is 1.00 bits per heavy atom. The van der Waals surface area contributed by atoms with E-state index in [4.69, 9.17) is 20.5 Å². The largest absolute Gasteiger partial charge is 0.465 e. The zero-order chi connectivity index (χ0) is 16.8. The van der Waals surface area contributed by atoms with Crippen molar-refractivity contribution in [1.82, 2.24) is 0 Å². The molecule has 0 bridgehead atoms. The molecule has 0 aromatic heterocycles. The topological polar surface area (TPSA) is 102 Å². The number of hydrogen-bond donors (Lipinski definition) is 1. The Balaban J connectivity index is 4.35. The van der Waals surface area contributed by atoms with Gasteiger partial charge in [-0.1, -0.05) is 39.5 Å². The fraction of sp³-hybridized carbons (Fsp3) is 0.688. The van der Waals surface area contributed by atoms with E-state index in [9.17, 15) is 9.59 Å². The molecule has 0 atom stereocenters. The molecule has 6 heteroatoms. The minimum atomic E-state index is -0.783. The third-order valence-corrected chi connectivity index (χ3v) is 2.96. The molecule has 0 aliphatic rings. The predicted molar refractivity (Wildman–Crippen MR) is 82.4 cm³/mol. The first-order chi connectivity index (χ1) is 10.6. The summed E-state index contributed by atoms with van der Waals surface area (Å²) in [6, 6.07) is 1.70. The van der Waals surface area contributed by atoms with Crippen molar-refractivity contribution in [3.8, 4) is 6.07 Å². The molecule has 6 nitrogen and oxygen atoms in total. The van der Waals surface area contributed by atoms with Crippen LogP contribution in [0.5, 0.6) is 0 Å². The Morgan fingerprint density at radius 3 is 2.05 bits per heavy atom. The van der Waals surface area contributed by atoms with Crippen LogP contribution < -0.4 is 5.73 Å². The van der Waals surface area contributed by atoms with Crippen LogP contribution in [0.4, 0.5) is 0 Å². The van der Waals surface area contributed by atoms with Crippen molar-refractivity contribution in [3.05, 3.63) is 11.3 Å². The van der Waals surface area contributed by atoms with Crippen molar-refractivity contribution < 1.29 is 19.1 Å². The Labute approximate surface area is 132 Å². The summed E-state index contributed by atoms with van der Waals surface area (Å²) in [7, 11) is 0. The first kappa shape index (κ1) is 20.0. The molecule has 0 aromatic rings. The Kier molecular flexibility index (Phi) is 11.5. The lowest BCUT2D eigenvalue weighted by Gasteiger charge is -2.07. The minimum Gasteiger partial charge on any atom is -0.465 e. The Morgan fingerprint density at radius 2 is 1.55 bits per heavy atom. The highest BCUT2D eigenvalue weighted by molar-refractivity contribution is 5.94. The molecule has 0 saturated heterocycles. The van der Waals surface area contributed by atoms with Crippen LogP contribution in [0.1, 0.15) is 58.8 Å². The van der Waals surface area contributed by atoms with E-state index in [0.29, 0.717) is 6.61 Å². The van der Waals surface area contributed by atoms with Gasteiger partial charge in [0.2, 0.25) is 0 Å². The standard InChI is InChI=1S/C16H26N2O4/c1-3-5-7-9-21-15(19)11-14(18)13(12-17)16(20)22-10-8-6-4-2/h3-11,18H2,1-2H3. The highest BCUT2D eigenvalue weighted by Gasteiger charge is 2.17. The molecule has 0 aliphatic heterocycles. The van der Waals surface area contributed by atoms with E-state index in [2.05, 4.69) is 0 Å². The minimum absolute atomic E-state index is 0.108. The number of esters is 2. The summed E-state index contributed by atoms with van der Waals surface area (Å²) in [5, 5.41) is 8.99. The summed E-state index contributed by atoms with van der Waals surface area (Å²) in [5.74, 6) is -1.32. The number of ether oxygens (including phenoxy) is 2. The number of nitriles is 1. The molecule has 0 aromatic carbocycles. The smallest absolute Gasteiger partial charge is 0.350 e. The second-order valence-electron chi connectivity index (χ2n) is 4.96. The molecular formula is C16H26N2O4. The molecule has 0 saturated carbocycles. The van der Waals surface area contributed by atoms with E-state index in [1.54, 1.807) is 6.07 Å². The zero-order valence-corrected chi connectivity index (χ0v) is 13.5. The number of carbonyl (C=O) groups is 2. The fourth-order valence-corrected chi connectivity index (χ4v) is 1.67. The maximum Gasteiger partial charge on any atom is 0.350 e. The molecule has 0 heterocycles. The lowest BCUT2D eigenvalue weighted by atomic mass is 10.2. The maximum absolute atomic E-state index is 11.7. The summed E-state index contributed by atoms with van der Waals surface area (Å²) in [6.45, 7) is 4.65. The molecule has 0 fully saturated rings. The number of hydrogen-bond acceptors (Lipinski definition) is 6. The normalized spacial score (nSPS) is 11.3. The third-order valence-electron chi connectivity index (χ3n) is 2.96. The number of rotatable bonds is 11. The first-order valence-electron chi connectivity index (χ1n) is 7.78. The summed E-state index contributed by atoms with van der Waals surface area (Å²) >= 11 is 0. The van der Waals surface area contributed by atoms with Gasteiger partial charge in [-0.2, -0.15) is 5.26 Å². The molecule has 0 aliphatic carbocycles. The Hall–Kier alpha value is -2.03. The number of nitrogens with zero attached hydrogens (tertiary/aromatic N) is 1. The van der Waals surface area contributed by atoms with Crippen LogP contribution in [0.25, 0.3) is 0 Å². The average molecular weight is 310 g/mol. The van der Waals surface area contributed by atoms with Crippen LogP contribution in [0, 0.1) is 11.3 Å². The van der Waals surface area contributed by atoms with Gasteiger partial charge in [0.05, 0.1) is 19.6 Å². The van der Waals surface area contributed by atoms with Gasteiger partial charge >= 0.3 is 11.9 Å². The number of unbranched alkanes of at least 4 members (excludes halogenated alkanes) is 4.